The summed E-state index contributed by atoms with van der Waals surface area (Å²) in [6, 6.07) is 33.9. The van der Waals surface area contributed by atoms with Crippen LogP contribution in [-0.4, -0.2) is 29.5 Å². The standard InChI is InChI=1S/C39H28N6O2/c1-25-17-31-32-18-26(2)38(47-30-12-8-10-28(20-30)34-14-4-6-16-42-34)22-36(32)45(39-43-23-40-24-44-39)35(31)21-37(25)46-29-11-7-9-27(19-29)33-13-3-5-15-41-33/h3-24H,1-2H3/i1D3. The van der Waals surface area contributed by atoms with Crippen molar-refractivity contribution >= 4 is 21.8 Å². The van der Waals surface area contributed by atoms with Gasteiger partial charge in [0.05, 0.1) is 22.4 Å². The van der Waals surface area contributed by atoms with Crippen molar-refractivity contribution in [2.24, 2.45) is 0 Å². The number of hydrogen-bond acceptors (Lipinski definition) is 7. The monoisotopic (exact) mass is 615 g/mol. The summed E-state index contributed by atoms with van der Waals surface area (Å²) in [6.07, 6.45) is 6.33. The first-order valence-corrected chi connectivity index (χ1v) is 15.0. The zero-order valence-electron chi connectivity index (χ0n) is 28.2. The van der Waals surface area contributed by atoms with Crippen LogP contribution in [0.25, 0.3) is 50.3 Å². The van der Waals surface area contributed by atoms with Gasteiger partial charge in [-0.25, -0.2) is 15.0 Å². The largest absolute Gasteiger partial charge is 0.457 e. The molecule has 0 aliphatic carbocycles. The van der Waals surface area contributed by atoms with Crippen LogP contribution >= 0.6 is 0 Å². The van der Waals surface area contributed by atoms with Crippen molar-refractivity contribution < 1.29 is 13.6 Å². The van der Waals surface area contributed by atoms with Gasteiger partial charge < -0.3 is 9.47 Å². The summed E-state index contributed by atoms with van der Waals surface area (Å²) < 4.78 is 40.1. The van der Waals surface area contributed by atoms with Gasteiger partial charge in [-0.05, 0) is 85.6 Å². The van der Waals surface area contributed by atoms with Crippen molar-refractivity contribution in [3.63, 3.8) is 0 Å². The average molecular weight is 616 g/mol. The first kappa shape index (κ1) is 24.9. The summed E-state index contributed by atoms with van der Waals surface area (Å²) in [5, 5.41) is 1.51. The number of pyridine rings is 2. The van der Waals surface area contributed by atoms with Gasteiger partial charge >= 0.3 is 0 Å². The Balaban J connectivity index is 1.28. The van der Waals surface area contributed by atoms with E-state index < -0.39 is 6.85 Å². The number of fused-ring (bicyclic) bond motifs is 3. The van der Waals surface area contributed by atoms with Gasteiger partial charge in [0.1, 0.15) is 35.7 Å². The van der Waals surface area contributed by atoms with Crippen molar-refractivity contribution in [1.82, 2.24) is 29.5 Å². The molecule has 47 heavy (non-hydrogen) atoms. The van der Waals surface area contributed by atoms with Gasteiger partial charge in [-0.2, -0.15) is 0 Å². The van der Waals surface area contributed by atoms with Gasteiger partial charge in [0, 0.05) is 50.5 Å². The Morgan fingerprint density at radius 1 is 0.574 bits per heavy atom. The summed E-state index contributed by atoms with van der Waals surface area (Å²) >= 11 is 0. The van der Waals surface area contributed by atoms with E-state index in [0.29, 0.717) is 34.1 Å². The Morgan fingerprint density at radius 2 is 1.13 bits per heavy atom. The molecule has 0 amide bonds. The molecule has 0 unspecified atom stereocenters. The van der Waals surface area contributed by atoms with Crippen LogP contribution in [0.3, 0.4) is 0 Å². The molecule has 0 aliphatic rings. The van der Waals surface area contributed by atoms with E-state index in [2.05, 4.69) is 24.9 Å². The molecule has 4 aromatic carbocycles. The topological polar surface area (TPSA) is 87.8 Å². The number of rotatable bonds is 7. The van der Waals surface area contributed by atoms with E-state index in [4.69, 9.17) is 13.6 Å². The Bertz CT molecular complexity index is 2490. The van der Waals surface area contributed by atoms with E-state index in [1.807, 2.05) is 102 Å². The molecule has 226 valence electrons. The number of benzene rings is 4. The quantitative estimate of drug-likeness (QED) is 0.177. The molecular weight excluding hydrogens is 584 g/mol. The average Bonchev–Trinajstić information content (AvgIpc) is 3.44. The lowest BCUT2D eigenvalue weighted by atomic mass is 10.1. The molecule has 0 saturated carbocycles. The molecule has 0 radical (unpaired) electrons. The molecule has 8 nitrogen and oxygen atoms in total. The highest BCUT2D eigenvalue weighted by Gasteiger charge is 2.19. The van der Waals surface area contributed by atoms with Crippen molar-refractivity contribution in [3.05, 3.63) is 145 Å². The second-order valence-corrected chi connectivity index (χ2v) is 11.0. The second kappa shape index (κ2) is 11.8. The van der Waals surface area contributed by atoms with Crippen LogP contribution in [0.2, 0.25) is 0 Å². The van der Waals surface area contributed by atoms with Gasteiger partial charge in [0.2, 0.25) is 5.95 Å². The van der Waals surface area contributed by atoms with E-state index in [-0.39, 0.29) is 11.3 Å². The fourth-order valence-electron chi connectivity index (χ4n) is 5.69. The highest BCUT2D eigenvalue weighted by atomic mass is 16.5. The van der Waals surface area contributed by atoms with E-state index in [1.54, 1.807) is 30.6 Å². The van der Waals surface area contributed by atoms with Crippen LogP contribution in [-0.2, 0) is 0 Å². The minimum absolute atomic E-state index is 0.0762. The molecule has 0 saturated heterocycles. The molecule has 8 heteroatoms. The third-order valence-electron chi connectivity index (χ3n) is 7.89. The van der Waals surface area contributed by atoms with Gasteiger partial charge in [-0.1, -0.05) is 36.4 Å². The molecule has 4 heterocycles. The van der Waals surface area contributed by atoms with E-state index in [9.17, 15) is 0 Å². The summed E-state index contributed by atoms with van der Waals surface area (Å²) in [7, 11) is 0. The molecule has 0 N–H and O–H groups in total. The first-order valence-electron chi connectivity index (χ1n) is 16.5. The molecule has 8 rings (SSSR count). The molecule has 0 bridgehead atoms. The van der Waals surface area contributed by atoms with Crippen molar-refractivity contribution in [2.45, 2.75) is 13.8 Å². The maximum Gasteiger partial charge on any atom is 0.237 e. The van der Waals surface area contributed by atoms with E-state index in [1.165, 1.54) is 12.7 Å². The van der Waals surface area contributed by atoms with Gasteiger partial charge in [0.15, 0.2) is 0 Å². The minimum atomic E-state index is -2.47. The lowest BCUT2D eigenvalue weighted by Gasteiger charge is -2.12. The fraction of sp³-hybridized carbons (Fsp3) is 0.0513. The molecule has 8 aromatic rings. The second-order valence-electron chi connectivity index (χ2n) is 11.0. The van der Waals surface area contributed by atoms with Gasteiger partial charge in [-0.15, -0.1) is 0 Å². The molecule has 0 spiro atoms. The van der Waals surface area contributed by atoms with Gasteiger partial charge in [-0.3, -0.25) is 14.5 Å². The molecular formula is C39H28N6O2. The molecule has 0 aliphatic heterocycles. The molecule has 4 aromatic heterocycles. The SMILES string of the molecule is [2H]C([2H])([2H])c1cc2c3cc(C)c(Oc4cccc(-c5ccccn5)c4)cc3n(-c3ncncn3)c2cc1Oc1cccc(-c2ccccn2)c1. The Labute approximate surface area is 275 Å². The van der Waals surface area contributed by atoms with Crippen molar-refractivity contribution in [3.8, 4) is 51.5 Å². The molecule has 0 atom stereocenters. The highest BCUT2D eigenvalue weighted by Crippen LogP contribution is 2.40. The zero-order chi connectivity index (χ0) is 34.2. The number of nitrogens with zero attached hydrogens (tertiary/aromatic N) is 6. The molecule has 0 fully saturated rings. The Morgan fingerprint density at radius 3 is 1.66 bits per heavy atom. The summed E-state index contributed by atoms with van der Waals surface area (Å²) in [5.74, 6) is 2.28. The van der Waals surface area contributed by atoms with Crippen LogP contribution < -0.4 is 9.47 Å². The summed E-state index contributed by atoms with van der Waals surface area (Å²) in [5.41, 5.74) is 5.69. The fourth-order valence-corrected chi connectivity index (χ4v) is 5.69. The van der Waals surface area contributed by atoms with Crippen LogP contribution in [0.5, 0.6) is 23.0 Å². The normalized spacial score (nSPS) is 12.4. The van der Waals surface area contributed by atoms with Gasteiger partial charge in [0.25, 0.3) is 0 Å². The van der Waals surface area contributed by atoms with Crippen molar-refractivity contribution in [2.75, 3.05) is 0 Å². The number of aryl methyl sites for hydroxylation is 2. The zero-order valence-corrected chi connectivity index (χ0v) is 25.2. The third kappa shape index (κ3) is 5.42. The lowest BCUT2D eigenvalue weighted by molar-refractivity contribution is 0.479. The van der Waals surface area contributed by atoms with Crippen LogP contribution in [0.1, 0.15) is 15.2 Å². The van der Waals surface area contributed by atoms with Crippen molar-refractivity contribution in [1.29, 1.82) is 0 Å². The van der Waals surface area contributed by atoms with E-state index >= 15 is 0 Å². The highest BCUT2D eigenvalue weighted by molar-refractivity contribution is 6.10. The van der Waals surface area contributed by atoms with Crippen LogP contribution in [0.4, 0.5) is 0 Å². The number of hydrogen-bond donors (Lipinski definition) is 0. The lowest BCUT2D eigenvalue weighted by Crippen LogP contribution is -2.01. The number of aromatic nitrogens is 6. The smallest absolute Gasteiger partial charge is 0.237 e. The van der Waals surface area contributed by atoms with Crippen LogP contribution in [0.15, 0.2) is 134 Å². The number of ether oxygens (including phenoxy) is 2. The first-order chi connectivity index (χ1) is 24.3. The maximum atomic E-state index is 8.47. The predicted octanol–water partition coefficient (Wildman–Crippen LogP) is 9.29. The minimum Gasteiger partial charge on any atom is -0.457 e. The predicted molar refractivity (Wildman–Crippen MR) is 183 cm³/mol. The Hall–Kier alpha value is -6.41. The Kier molecular flexibility index (Phi) is 6.26. The maximum absolute atomic E-state index is 8.47. The summed E-state index contributed by atoms with van der Waals surface area (Å²) in [4.78, 5) is 21.9. The van der Waals surface area contributed by atoms with E-state index in [0.717, 1.165) is 39.0 Å². The third-order valence-corrected chi connectivity index (χ3v) is 7.89. The summed E-state index contributed by atoms with van der Waals surface area (Å²) in [6.45, 7) is -0.513. The van der Waals surface area contributed by atoms with Crippen LogP contribution in [0, 0.1) is 13.8 Å².